The summed E-state index contributed by atoms with van der Waals surface area (Å²) in [5, 5.41) is 3.00. The lowest BCUT2D eigenvalue weighted by molar-refractivity contribution is 0.629. The van der Waals surface area contributed by atoms with Gasteiger partial charge in [-0.2, -0.15) is 0 Å². The zero-order valence-electron chi connectivity index (χ0n) is 9.45. The summed E-state index contributed by atoms with van der Waals surface area (Å²) in [7, 11) is 0. The Labute approximate surface area is 108 Å². The number of aryl methyl sites for hydroxylation is 1. The van der Waals surface area contributed by atoms with Gasteiger partial charge in [0.1, 0.15) is 5.82 Å². The number of anilines is 2. The van der Waals surface area contributed by atoms with Crippen LogP contribution in [0.5, 0.6) is 0 Å². The maximum atomic E-state index is 13.6. The summed E-state index contributed by atoms with van der Waals surface area (Å²) in [6, 6.07) is 4.86. The van der Waals surface area contributed by atoms with Crippen molar-refractivity contribution in [3.05, 3.63) is 40.9 Å². The van der Waals surface area contributed by atoms with E-state index in [-0.39, 0.29) is 5.82 Å². The Morgan fingerprint density at radius 2 is 2.29 bits per heavy atom. The average molecular weight is 298 g/mol. The zero-order valence-corrected chi connectivity index (χ0v) is 11.0. The van der Waals surface area contributed by atoms with E-state index in [0.29, 0.717) is 16.1 Å². The number of nitrogens with one attached hydrogen (secondary N) is 1. The highest BCUT2D eigenvalue weighted by Gasteiger charge is 2.09. The molecule has 0 unspecified atom stereocenters. The molecule has 0 aliphatic rings. The van der Waals surface area contributed by atoms with Crippen molar-refractivity contribution < 1.29 is 4.39 Å². The molecular formula is C12H13BrFN3. The number of nitrogens with zero attached hydrogens (tertiary/aromatic N) is 2. The SMILES string of the molecule is CCCn1ccnc1Nc1c(F)cccc1Br. The Bertz CT molecular complexity index is 490. The van der Waals surface area contributed by atoms with Crippen LogP contribution in [-0.4, -0.2) is 9.55 Å². The van der Waals surface area contributed by atoms with Gasteiger partial charge in [0, 0.05) is 23.4 Å². The van der Waals surface area contributed by atoms with Crippen LogP contribution in [0.1, 0.15) is 13.3 Å². The van der Waals surface area contributed by atoms with Crippen molar-refractivity contribution in [2.45, 2.75) is 19.9 Å². The third-order valence-corrected chi connectivity index (χ3v) is 3.04. The number of benzene rings is 1. The molecule has 0 radical (unpaired) electrons. The first-order valence-electron chi connectivity index (χ1n) is 5.44. The van der Waals surface area contributed by atoms with E-state index < -0.39 is 0 Å². The summed E-state index contributed by atoms with van der Waals surface area (Å²) in [6.45, 7) is 2.94. The van der Waals surface area contributed by atoms with Crippen molar-refractivity contribution in [2.24, 2.45) is 0 Å². The molecule has 1 aromatic carbocycles. The largest absolute Gasteiger partial charge is 0.322 e. The van der Waals surface area contributed by atoms with Gasteiger partial charge in [-0.1, -0.05) is 13.0 Å². The van der Waals surface area contributed by atoms with E-state index in [1.165, 1.54) is 6.07 Å². The van der Waals surface area contributed by atoms with Crippen LogP contribution in [0.2, 0.25) is 0 Å². The van der Waals surface area contributed by atoms with Gasteiger partial charge in [-0.25, -0.2) is 9.37 Å². The lowest BCUT2D eigenvalue weighted by atomic mass is 10.3. The standard InChI is InChI=1S/C12H13BrFN3/c1-2-7-17-8-6-15-12(17)16-11-9(13)4-3-5-10(11)14/h3-6,8H,2,7H2,1H3,(H,15,16). The first-order chi connectivity index (χ1) is 8.22. The zero-order chi connectivity index (χ0) is 12.3. The summed E-state index contributed by atoms with van der Waals surface area (Å²) in [5.74, 6) is 0.350. The van der Waals surface area contributed by atoms with Gasteiger partial charge >= 0.3 is 0 Å². The van der Waals surface area contributed by atoms with Crippen LogP contribution in [0.25, 0.3) is 0 Å². The summed E-state index contributed by atoms with van der Waals surface area (Å²) in [6.07, 6.45) is 4.58. The molecule has 1 aromatic heterocycles. The minimum absolute atomic E-state index is 0.301. The monoisotopic (exact) mass is 297 g/mol. The molecule has 0 fully saturated rings. The maximum absolute atomic E-state index is 13.6. The predicted octanol–water partition coefficient (Wildman–Crippen LogP) is 3.94. The number of halogens is 2. The third kappa shape index (κ3) is 2.66. The van der Waals surface area contributed by atoms with Crippen LogP contribution in [-0.2, 0) is 6.54 Å². The van der Waals surface area contributed by atoms with Gasteiger partial charge in [0.2, 0.25) is 5.95 Å². The summed E-state index contributed by atoms with van der Waals surface area (Å²) in [4.78, 5) is 4.18. The second kappa shape index (κ2) is 5.31. The summed E-state index contributed by atoms with van der Waals surface area (Å²) < 4.78 is 16.3. The molecule has 2 rings (SSSR count). The number of para-hydroxylation sites is 1. The van der Waals surface area contributed by atoms with E-state index in [2.05, 4.69) is 33.2 Å². The van der Waals surface area contributed by atoms with Crippen LogP contribution in [0.3, 0.4) is 0 Å². The molecule has 3 nitrogen and oxygen atoms in total. The Hall–Kier alpha value is -1.36. The number of imidazole rings is 1. The highest BCUT2D eigenvalue weighted by molar-refractivity contribution is 9.10. The molecule has 2 aromatic rings. The van der Waals surface area contributed by atoms with Gasteiger partial charge in [-0.3, -0.25) is 0 Å². The van der Waals surface area contributed by atoms with Gasteiger partial charge in [0.05, 0.1) is 5.69 Å². The van der Waals surface area contributed by atoms with Crippen LogP contribution >= 0.6 is 15.9 Å². The van der Waals surface area contributed by atoms with Crippen LogP contribution < -0.4 is 5.32 Å². The number of hydrogen-bond donors (Lipinski definition) is 1. The fourth-order valence-corrected chi connectivity index (χ4v) is 2.02. The average Bonchev–Trinajstić information content (AvgIpc) is 2.72. The van der Waals surface area contributed by atoms with E-state index in [0.717, 1.165) is 13.0 Å². The van der Waals surface area contributed by atoms with E-state index in [4.69, 9.17) is 0 Å². The first kappa shape index (κ1) is 12.1. The van der Waals surface area contributed by atoms with Gasteiger partial charge in [-0.05, 0) is 34.5 Å². The Kier molecular flexibility index (Phi) is 3.78. The fourth-order valence-electron chi connectivity index (χ4n) is 1.58. The van der Waals surface area contributed by atoms with Crippen LogP contribution in [0.15, 0.2) is 35.1 Å². The lowest BCUT2D eigenvalue weighted by Crippen LogP contribution is -2.04. The molecule has 0 atom stereocenters. The molecule has 90 valence electrons. The number of rotatable bonds is 4. The lowest BCUT2D eigenvalue weighted by Gasteiger charge is -2.10. The van der Waals surface area contributed by atoms with Gasteiger partial charge in [0.15, 0.2) is 0 Å². The molecule has 0 saturated carbocycles. The summed E-state index contributed by atoms with van der Waals surface area (Å²) in [5.41, 5.74) is 0.413. The normalized spacial score (nSPS) is 10.5. The number of aromatic nitrogens is 2. The molecule has 0 aliphatic heterocycles. The van der Waals surface area contributed by atoms with E-state index >= 15 is 0 Å². The maximum Gasteiger partial charge on any atom is 0.207 e. The molecule has 17 heavy (non-hydrogen) atoms. The Morgan fingerprint density at radius 1 is 1.47 bits per heavy atom. The smallest absolute Gasteiger partial charge is 0.207 e. The molecule has 5 heteroatoms. The summed E-state index contributed by atoms with van der Waals surface area (Å²) >= 11 is 3.32. The second-order valence-electron chi connectivity index (χ2n) is 3.67. The van der Waals surface area contributed by atoms with Crippen molar-refractivity contribution in [3.8, 4) is 0 Å². The number of hydrogen-bond acceptors (Lipinski definition) is 2. The van der Waals surface area contributed by atoms with Crippen molar-refractivity contribution in [1.82, 2.24) is 9.55 Å². The van der Waals surface area contributed by atoms with E-state index in [1.54, 1.807) is 18.3 Å². The fraction of sp³-hybridized carbons (Fsp3) is 0.250. The van der Waals surface area contributed by atoms with Crippen LogP contribution in [0.4, 0.5) is 16.0 Å². The highest BCUT2D eigenvalue weighted by atomic mass is 79.9. The quantitative estimate of drug-likeness (QED) is 0.926. The van der Waals surface area contributed by atoms with Crippen molar-refractivity contribution in [3.63, 3.8) is 0 Å². The molecule has 0 bridgehead atoms. The molecule has 0 spiro atoms. The topological polar surface area (TPSA) is 29.9 Å². The Morgan fingerprint density at radius 3 is 3.00 bits per heavy atom. The van der Waals surface area contributed by atoms with Crippen molar-refractivity contribution >= 4 is 27.6 Å². The molecule has 0 aliphatic carbocycles. The third-order valence-electron chi connectivity index (χ3n) is 2.38. The predicted molar refractivity (Wildman–Crippen MR) is 69.9 cm³/mol. The minimum atomic E-state index is -0.301. The van der Waals surface area contributed by atoms with Crippen molar-refractivity contribution in [2.75, 3.05) is 5.32 Å². The molecular weight excluding hydrogens is 285 g/mol. The van der Waals surface area contributed by atoms with Gasteiger partial charge in [0.25, 0.3) is 0 Å². The van der Waals surface area contributed by atoms with E-state index in [9.17, 15) is 4.39 Å². The highest BCUT2D eigenvalue weighted by Crippen LogP contribution is 2.27. The Balaban J connectivity index is 2.28. The van der Waals surface area contributed by atoms with E-state index in [1.807, 2.05) is 10.8 Å². The minimum Gasteiger partial charge on any atom is -0.322 e. The first-order valence-corrected chi connectivity index (χ1v) is 6.24. The molecule has 1 heterocycles. The molecule has 0 amide bonds. The molecule has 0 saturated heterocycles. The van der Waals surface area contributed by atoms with Gasteiger partial charge in [-0.15, -0.1) is 0 Å². The van der Waals surface area contributed by atoms with Crippen molar-refractivity contribution in [1.29, 1.82) is 0 Å². The molecule has 1 N–H and O–H groups in total. The second-order valence-corrected chi connectivity index (χ2v) is 4.52. The van der Waals surface area contributed by atoms with Crippen LogP contribution in [0, 0.1) is 5.82 Å². The van der Waals surface area contributed by atoms with Gasteiger partial charge < -0.3 is 9.88 Å².